The predicted octanol–water partition coefficient (Wildman–Crippen LogP) is 2.93. The molecule has 0 aromatic heterocycles. The summed E-state index contributed by atoms with van der Waals surface area (Å²) in [5.74, 6) is 0.0553. The Labute approximate surface area is 122 Å². The highest BCUT2D eigenvalue weighted by Crippen LogP contribution is 2.19. The van der Waals surface area contributed by atoms with Gasteiger partial charge in [0.1, 0.15) is 0 Å². The van der Waals surface area contributed by atoms with Crippen molar-refractivity contribution in [1.29, 1.82) is 0 Å². The van der Waals surface area contributed by atoms with Gasteiger partial charge in [0.15, 0.2) is 0 Å². The zero-order valence-electron chi connectivity index (χ0n) is 13.0. The molecule has 0 aliphatic carbocycles. The summed E-state index contributed by atoms with van der Waals surface area (Å²) in [6, 6.07) is 5.92. The van der Waals surface area contributed by atoms with Crippen LogP contribution in [0.3, 0.4) is 0 Å². The predicted molar refractivity (Wildman–Crippen MR) is 83.4 cm³/mol. The number of hydrogen-bond acceptors (Lipinski definition) is 3. The minimum Gasteiger partial charge on any atom is -0.385 e. The Bertz CT molecular complexity index is 432. The van der Waals surface area contributed by atoms with Crippen molar-refractivity contribution in [2.75, 3.05) is 39.2 Å². The minimum atomic E-state index is 0.0553. The van der Waals surface area contributed by atoms with E-state index in [-0.39, 0.29) is 5.91 Å². The van der Waals surface area contributed by atoms with Crippen LogP contribution in [0.1, 0.15) is 35.7 Å². The van der Waals surface area contributed by atoms with Crippen molar-refractivity contribution < 1.29 is 9.53 Å². The lowest BCUT2D eigenvalue weighted by Gasteiger charge is -2.19. The van der Waals surface area contributed by atoms with Crippen molar-refractivity contribution in [2.45, 2.75) is 26.7 Å². The second kappa shape index (κ2) is 8.59. The molecule has 0 spiro atoms. The Hall–Kier alpha value is -1.55. The maximum Gasteiger partial charge on any atom is 0.255 e. The third-order valence-electron chi connectivity index (χ3n) is 3.16. The highest BCUT2D eigenvalue weighted by Gasteiger charge is 2.15. The third kappa shape index (κ3) is 4.85. The standard InChI is InChI=1S/C16H26N2O2/c1-5-9-17-15-12-13(2)7-8-14(15)16(19)18(3)10-6-11-20-4/h7-8,12,17H,5-6,9-11H2,1-4H3. The summed E-state index contributed by atoms with van der Waals surface area (Å²) in [6.45, 7) is 6.40. The van der Waals surface area contributed by atoms with Crippen LogP contribution in [0, 0.1) is 6.92 Å². The summed E-state index contributed by atoms with van der Waals surface area (Å²) < 4.78 is 5.02. The van der Waals surface area contributed by atoms with Gasteiger partial charge in [-0.1, -0.05) is 13.0 Å². The van der Waals surface area contributed by atoms with Gasteiger partial charge < -0.3 is 15.0 Å². The van der Waals surface area contributed by atoms with Gasteiger partial charge in [-0.05, 0) is 37.5 Å². The summed E-state index contributed by atoms with van der Waals surface area (Å²) in [5.41, 5.74) is 2.82. The topological polar surface area (TPSA) is 41.6 Å². The minimum absolute atomic E-state index is 0.0553. The van der Waals surface area contributed by atoms with Gasteiger partial charge in [-0.2, -0.15) is 0 Å². The van der Waals surface area contributed by atoms with E-state index in [1.807, 2.05) is 32.2 Å². The molecule has 1 N–H and O–H groups in total. The zero-order chi connectivity index (χ0) is 15.0. The van der Waals surface area contributed by atoms with Gasteiger partial charge in [0.25, 0.3) is 5.91 Å². The van der Waals surface area contributed by atoms with Crippen LogP contribution in [0.25, 0.3) is 0 Å². The monoisotopic (exact) mass is 278 g/mol. The van der Waals surface area contributed by atoms with Crippen LogP contribution < -0.4 is 5.32 Å². The first-order valence-corrected chi connectivity index (χ1v) is 7.19. The van der Waals surface area contributed by atoms with Gasteiger partial charge in [-0.25, -0.2) is 0 Å². The molecule has 0 heterocycles. The number of nitrogens with one attached hydrogen (secondary N) is 1. The van der Waals surface area contributed by atoms with Crippen LogP contribution in [-0.2, 0) is 4.74 Å². The Morgan fingerprint density at radius 3 is 2.80 bits per heavy atom. The molecule has 0 atom stereocenters. The van der Waals surface area contributed by atoms with E-state index in [1.54, 1.807) is 12.0 Å². The average Bonchev–Trinajstić information content (AvgIpc) is 2.44. The fourth-order valence-corrected chi connectivity index (χ4v) is 2.00. The summed E-state index contributed by atoms with van der Waals surface area (Å²) in [6.07, 6.45) is 1.88. The van der Waals surface area contributed by atoms with Crippen molar-refractivity contribution in [3.63, 3.8) is 0 Å². The van der Waals surface area contributed by atoms with E-state index in [4.69, 9.17) is 4.74 Å². The van der Waals surface area contributed by atoms with Crippen LogP contribution in [0.2, 0.25) is 0 Å². The molecule has 0 fully saturated rings. The lowest BCUT2D eigenvalue weighted by molar-refractivity contribution is 0.0780. The summed E-state index contributed by atoms with van der Waals surface area (Å²) in [7, 11) is 3.51. The van der Waals surface area contributed by atoms with E-state index in [1.165, 1.54) is 0 Å². The van der Waals surface area contributed by atoms with Gasteiger partial charge in [-0.15, -0.1) is 0 Å². The maximum absolute atomic E-state index is 12.5. The van der Waals surface area contributed by atoms with Crippen molar-refractivity contribution in [1.82, 2.24) is 4.90 Å². The Balaban J connectivity index is 2.79. The van der Waals surface area contributed by atoms with Crippen molar-refractivity contribution in [3.05, 3.63) is 29.3 Å². The van der Waals surface area contributed by atoms with Crippen molar-refractivity contribution >= 4 is 11.6 Å². The molecule has 0 radical (unpaired) electrons. The van der Waals surface area contributed by atoms with Gasteiger partial charge in [-0.3, -0.25) is 4.79 Å². The highest BCUT2D eigenvalue weighted by atomic mass is 16.5. The fourth-order valence-electron chi connectivity index (χ4n) is 2.00. The number of anilines is 1. The lowest BCUT2D eigenvalue weighted by Crippen LogP contribution is -2.29. The first-order valence-electron chi connectivity index (χ1n) is 7.19. The van der Waals surface area contributed by atoms with Crippen LogP contribution >= 0.6 is 0 Å². The summed E-state index contributed by atoms with van der Waals surface area (Å²) >= 11 is 0. The molecule has 0 aliphatic heterocycles. The van der Waals surface area contributed by atoms with Gasteiger partial charge in [0.2, 0.25) is 0 Å². The normalized spacial score (nSPS) is 10.4. The van der Waals surface area contributed by atoms with E-state index >= 15 is 0 Å². The number of ether oxygens (including phenoxy) is 1. The molecular formula is C16H26N2O2. The van der Waals surface area contributed by atoms with Gasteiger partial charge in [0, 0.05) is 39.5 Å². The molecule has 20 heavy (non-hydrogen) atoms. The van der Waals surface area contributed by atoms with Crippen molar-refractivity contribution in [3.8, 4) is 0 Å². The summed E-state index contributed by atoms with van der Waals surface area (Å²) in [5, 5.41) is 3.33. The third-order valence-corrected chi connectivity index (χ3v) is 3.16. The van der Waals surface area contributed by atoms with Gasteiger partial charge >= 0.3 is 0 Å². The molecule has 0 saturated carbocycles. The van der Waals surface area contributed by atoms with Crippen LogP contribution in [0.5, 0.6) is 0 Å². The van der Waals surface area contributed by atoms with Crippen LogP contribution in [-0.4, -0.2) is 44.7 Å². The average molecular weight is 278 g/mol. The van der Waals surface area contributed by atoms with E-state index in [9.17, 15) is 4.79 Å². The second-order valence-electron chi connectivity index (χ2n) is 5.05. The molecule has 4 nitrogen and oxygen atoms in total. The zero-order valence-corrected chi connectivity index (χ0v) is 13.0. The number of carbonyl (C=O) groups excluding carboxylic acids is 1. The summed E-state index contributed by atoms with van der Waals surface area (Å²) in [4.78, 5) is 14.2. The van der Waals surface area contributed by atoms with Crippen LogP contribution in [0.15, 0.2) is 18.2 Å². The molecule has 1 amide bonds. The smallest absolute Gasteiger partial charge is 0.255 e. The number of methoxy groups -OCH3 is 1. The van der Waals surface area contributed by atoms with Crippen LogP contribution in [0.4, 0.5) is 5.69 Å². The first kappa shape index (κ1) is 16.5. The Kier molecular flexibility index (Phi) is 7.09. The van der Waals surface area contributed by atoms with Crippen molar-refractivity contribution in [2.24, 2.45) is 0 Å². The number of hydrogen-bond donors (Lipinski definition) is 1. The molecule has 0 saturated heterocycles. The van der Waals surface area contributed by atoms with E-state index in [0.29, 0.717) is 13.2 Å². The molecule has 1 rings (SSSR count). The molecular weight excluding hydrogens is 252 g/mol. The number of rotatable bonds is 8. The van der Waals surface area contributed by atoms with E-state index < -0.39 is 0 Å². The lowest BCUT2D eigenvalue weighted by atomic mass is 10.1. The molecule has 4 heteroatoms. The molecule has 1 aromatic rings. The molecule has 0 unspecified atom stereocenters. The number of benzene rings is 1. The number of nitrogens with zero attached hydrogens (tertiary/aromatic N) is 1. The van der Waals surface area contributed by atoms with Gasteiger partial charge in [0.05, 0.1) is 5.56 Å². The number of aryl methyl sites for hydroxylation is 1. The quantitative estimate of drug-likeness (QED) is 0.743. The highest BCUT2D eigenvalue weighted by molar-refractivity contribution is 5.99. The molecule has 0 aliphatic rings. The maximum atomic E-state index is 12.5. The molecule has 0 bridgehead atoms. The fraction of sp³-hybridized carbons (Fsp3) is 0.562. The van der Waals surface area contributed by atoms with E-state index in [2.05, 4.69) is 12.2 Å². The second-order valence-corrected chi connectivity index (χ2v) is 5.05. The van der Waals surface area contributed by atoms with E-state index in [0.717, 1.165) is 36.2 Å². The SMILES string of the molecule is CCCNc1cc(C)ccc1C(=O)N(C)CCCOC. The molecule has 112 valence electrons. The number of amides is 1. The Morgan fingerprint density at radius 2 is 2.15 bits per heavy atom. The molecule has 1 aromatic carbocycles. The largest absolute Gasteiger partial charge is 0.385 e. The first-order chi connectivity index (χ1) is 9.60. The number of carbonyl (C=O) groups is 1. The Morgan fingerprint density at radius 1 is 1.40 bits per heavy atom.